The highest BCUT2D eigenvalue weighted by Crippen LogP contribution is 2.40. The molecule has 0 saturated heterocycles. The van der Waals surface area contributed by atoms with Crippen molar-refractivity contribution in [1.29, 1.82) is 0 Å². The number of fused-ring (bicyclic) bond motifs is 1. The number of para-hydroxylation sites is 1. The van der Waals surface area contributed by atoms with Crippen molar-refractivity contribution in [2.45, 2.75) is 91.5 Å². The van der Waals surface area contributed by atoms with E-state index in [-0.39, 0.29) is 17.1 Å². The third-order valence-electron chi connectivity index (χ3n) is 7.22. The lowest BCUT2D eigenvalue weighted by molar-refractivity contribution is 0.274. The van der Waals surface area contributed by atoms with Crippen LogP contribution in [0.2, 0.25) is 18.1 Å². The third kappa shape index (κ3) is 5.21. The van der Waals surface area contributed by atoms with E-state index in [1.165, 1.54) is 16.5 Å². The van der Waals surface area contributed by atoms with E-state index in [1.54, 1.807) is 0 Å². The van der Waals surface area contributed by atoms with E-state index in [4.69, 9.17) is 19.5 Å². The molecule has 1 aromatic carbocycles. The van der Waals surface area contributed by atoms with Crippen LogP contribution in [0.15, 0.2) is 40.4 Å². The highest BCUT2D eigenvalue weighted by Gasteiger charge is 2.38. The van der Waals surface area contributed by atoms with Gasteiger partial charge in [0, 0.05) is 10.9 Å². The third-order valence-corrected chi connectivity index (χ3v) is 12.5. The molecule has 1 aliphatic rings. The maximum atomic E-state index is 5.97. The standard InChI is InChI=1S/C27H43N3O2Si/c1-10-31-25-22(28-26(32-11-2)24(29-25)19(3)4)17-16-20-18-30(33(8,9)27(5,6)7)23-15-13-12-14-21(20)23/h12-15,18-19,22,24H,10-11,16-17H2,1-9H3/t22-,24+/m0/s1. The fraction of sp³-hybridized carbons (Fsp3) is 0.630. The summed E-state index contributed by atoms with van der Waals surface area (Å²) in [5, 5.41) is 1.61. The zero-order chi connectivity index (χ0) is 24.4. The van der Waals surface area contributed by atoms with E-state index in [2.05, 4.69) is 82.4 Å². The Morgan fingerprint density at radius 2 is 1.64 bits per heavy atom. The molecule has 2 atom stereocenters. The summed E-state index contributed by atoms with van der Waals surface area (Å²) in [6.45, 7) is 21.6. The van der Waals surface area contributed by atoms with Crippen LogP contribution in [0.25, 0.3) is 10.9 Å². The normalized spacial score (nSPS) is 19.6. The van der Waals surface area contributed by atoms with Crippen LogP contribution in [0.1, 0.15) is 60.5 Å². The Labute approximate surface area is 201 Å². The van der Waals surface area contributed by atoms with Gasteiger partial charge in [-0.25, -0.2) is 9.98 Å². The lowest BCUT2D eigenvalue weighted by atomic mass is 10.0. The molecule has 1 aliphatic heterocycles. The molecule has 3 rings (SSSR count). The topological polar surface area (TPSA) is 48.1 Å². The van der Waals surface area contributed by atoms with E-state index in [9.17, 15) is 0 Å². The number of ether oxygens (including phenoxy) is 2. The summed E-state index contributed by atoms with van der Waals surface area (Å²) < 4.78 is 14.5. The van der Waals surface area contributed by atoms with Crippen molar-refractivity contribution < 1.29 is 9.47 Å². The first-order valence-electron chi connectivity index (χ1n) is 12.5. The smallest absolute Gasteiger partial charge is 0.210 e. The van der Waals surface area contributed by atoms with Gasteiger partial charge in [-0.1, -0.05) is 65.9 Å². The number of aromatic nitrogens is 1. The van der Waals surface area contributed by atoms with Crippen molar-refractivity contribution in [2.24, 2.45) is 15.9 Å². The number of rotatable bonds is 7. The highest BCUT2D eigenvalue weighted by molar-refractivity contribution is 6.79. The second-order valence-corrected chi connectivity index (χ2v) is 16.0. The van der Waals surface area contributed by atoms with E-state index in [0.29, 0.717) is 19.1 Å². The summed E-state index contributed by atoms with van der Waals surface area (Å²) >= 11 is 0. The second kappa shape index (κ2) is 10.0. The van der Waals surface area contributed by atoms with Crippen LogP contribution in [-0.2, 0) is 15.9 Å². The van der Waals surface area contributed by atoms with Crippen molar-refractivity contribution in [2.75, 3.05) is 13.2 Å². The van der Waals surface area contributed by atoms with E-state index in [1.807, 2.05) is 13.8 Å². The largest absolute Gasteiger partial charge is 0.480 e. The molecule has 5 nitrogen and oxygen atoms in total. The van der Waals surface area contributed by atoms with Gasteiger partial charge in [-0.15, -0.1) is 0 Å². The molecule has 0 radical (unpaired) electrons. The van der Waals surface area contributed by atoms with Gasteiger partial charge in [-0.05, 0) is 55.5 Å². The molecule has 0 aliphatic carbocycles. The fourth-order valence-electron chi connectivity index (χ4n) is 4.30. The van der Waals surface area contributed by atoms with Crippen molar-refractivity contribution in [3.05, 3.63) is 36.0 Å². The number of benzene rings is 1. The predicted molar refractivity (Wildman–Crippen MR) is 143 cm³/mol. The van der Waals surface area contributed by atoms with Crippen LogP contribution in [0.5, 0.6) is 0 Å². The van der Waals surface area contributed by atoms with Crippen LogP contribution in [0.3, 0.4) is 0 Å². The average Bonchev–Trinajstić information content (AvgIpc) is 3.12. The molecule has 0 saturated carbocycles. The van der Waals surface area contributed by atoms with Crippen LogP contribution in [0.4, 0.5) is 0 Å². The molecule has 1 aromatic heterocycles. The van der Waals surface area contributed by atoms with Gasteiger partial charge < -0.3 is 13.7 Å². The SMILES string of the molecule is CCOC1=N[C@H](C(C)C)C(OCC)=N[C@H]1CCc1cn([Si](C)(C)C(C)(C)C)c2ccccc12. The first kappa shape index (κ1) is 25.5. The Kier molecular flexibility index (Phi) is 7.77. The minimum Gasteiger partial charge on any atom is -0.480 e. The quantitative estimate of drug-likeness (QED) is 0.423. The van der Waals surface area contributed by atoms with Crippen LogP contribution >= 0.6 is 0 Å². The van der Waals surface area contributed by atoms with Gasteiger partial charge in [-0.2, -0.15) is 0 Å². The van der Waals surface area contributed by atoms with Gasteiger partial charge in [0.05, 0.1) is 13.2 Å². The molecule has 0 amide bonds. The van der Waals surface area contributed by atoms with E-state index in [0.717, 1.165) is 24.6 Å². The number of aliphatic imine (C=N–C) groups is 2. The maximum absolute atomic E-state index is 5.97. The predicted octanol–water partition coefficient (Wildman–Crippen LogP) is 6.70. The summed E-state index contributed by atoms with van der Waals surface area (Å²) in [6, 6.07) is 8.66. The molecule has 33 heavy (non-hydrogen) atoms. The summed E-state index contributed by atoms with van der Waals surface area (Å²) in [7, 11) is -1.74. The number of hydrogen-bond acceptors (Lipinski definition) is 4. The molecule has 0 fully saturated rings. The Hall–Kier alpha value is -2.08. The van der Waals surface area contributed by atoms with Gasteiger partial charge in [0.15, 0.2) is 8.24 Å². The van der Waals surface area contributed by atoms with E-state index < -0.39 is 8.24 Å². The van der Waals surface area contributed by atoms with Crippen LogP contribution in [-0.4, -0.2) is 49.6 Å². The molecule has 6 heteroatoms. The Bertz CT molecular complexity index is 1010. The van der Waals surface area contributed by atoms with Crippen molar-refractivity contribution >= 4 is 30.9 Å². The molecule has 0 unspecified atom stereocenters. The minimum atomic E-state index is -1.74. The minimum absolute atomic E-state index is 0.0664. The fourth-order valence-corrected chi connectivity index (χ4v) is 6.30. The van der Waals surface area contributed by atoms with Crippen LogP contribution in [0, 0.1) is 5.92 Å². The highest BCUT2D eigenvalue weighted by atomic mass is 28.3. The zero-order valence-electron chi connectivity index (χ0n) is 22.1. The summed E-state index contributed by atoms with van der Waals surface area (Å²) in [6.07, 6.45) is 4.19. The van der Waals surface area contributed by atoms with Crippen molar-refractivity contribution in [3.8, 4) is 0 Å². The van der Waals surface area contributed by atoms with Gasteiger partial charge in [0.1, 0.15) is 12.1 Å². The number of aryl methyl sites for hydroxylation is 1. The Balaban J connectivity index is 1.94. The van der Waals surface area contributed by atoms with Gasteiger partial charge in [0.2, 0.25) is 11.8 Å². The molecular weight excluding hydrogens is 426 g/mol. The Morgan fingerprint density at radius 3 is 2.24 bits per heavy atom. The second-order valence-electron chi connectivity index (χ2n) is 10.9. The monoisotopic (exact) mass is 469 g/mol. The summed E-state index contributed by atoms with van der Waals surface area (Å²) in [5.74, 6) is 1.83. The lowest BCUT2D eigenvalue weighted by Crippen LogP contribution is -2.44. The lowest BCUT2D eigenvalue weighted by Gasteiger charge is -2.38. The molecule has 2 aromatic rings. The number of nitrogens with zero attached hydrogens (tertiary/aromatic N) is 3. The maximum Gasteiger partial charge on any atom is 0.210 e. The van der Waals surface area contributed by atoms with Gasteiger partial charge >= 0.3 is 0 Å². The molecular formula is C27H43N3O2Si. The molecule has 0 bridgehead atoms. The van der Waals surface area contributed by atoms with Crippen molar-refractivity contribution in [1.82, 2.24) is 4.23 Å². The molecule has 2 heterocycles. The van der Waals surface area contributed by atoms with Crippen molar-refractivity contribution in [3.63, 3.8) is 0 Å². The zero-order valence-corrected chi connectivity index (χ0v) is 23.1. The Morgan fingerprint density at radius 1 is 1.00 bits per heavy atom. The summed E-state index contributed by atoms with van der Waals surface area (Å²) in [5.41, 5.74) is 2.73. The molecule has 0 N–H and O–H groups in total. The van der Waals surface area contributed by atoms with Crippen LogP contribution < -0.4 is 0 Å². The van der Waals surface area contributed by atoms with Gasteiger partial charge in [0.25, 0.3) is 0 Å². The molecule has 0 spiro atoms. The first-order chi connectivity index (χ1) is 15.5. The van der Waals surface area contributed by atoms with E-state index >= 15 is 0 Å². The summed E-state index contributed by atoms with van der Waals surface area (Å²) in [4.78, 5) is 9.95. The number of hydrogen-bond donors (Lipinski definition) is 0. The molecule has 182 valence electrons. The van der Waals surface area contributed by atoms with Gasteiger partial charge in [-0.3, -0.25) is 0 Å². The average molecular weight is 470 g/mol. The first-order valence-corrected chi connectivity index (χ1v) is 15.5.